The molecule has 0 aromatic heterocycles. The summed E-state index contributed by atoms with van der Waals surface area (Å²) >= 11 is 0. The fraction of sp³-hybridized carbons (Fsp3) is 0.667. The van der Waals surface area contributed by atoms with Crippen molar-refractivity contribution in [1.82, 2.24) is 4.90 Å². The number of likely N-dealkylation sites (tertiary alicyclic amines) is 1. The predicted molar refractivity (Wildman–Crippen MR) is 45.8 cm³/mol. The minimum absolute atomic E-state index is 0.0651. The van der Waals surface area contributed by atoms with Crippen LogP contribution >= 0.6 is 0 Å². The van der Waals surface area contributed by atoms with Gasteiger partial charge in [0.05, 0.1) is 6.54 Å². The molecular formula is C9H13NO3. The van der Waals surface area contributed by atoms with E-state index in [-0.39, 0.29) is 30.1 Å². The van der Waals surface area contributed by atoms with Crippen LogP contribution < -0.4 is 0 Å². The molecule has 0 atom stereocenters. The molecule has 4 heteroatoms. The Morgan fingerprint density at radius 1 is 1.38 bits per heavy atom. The van der Waals surface area contributed by atoms with E-state index in [9.17, 15) is 14.4 Å². The summed E-state index contributed by atoms with van der Waals surface area (Å²) in [6.45, 7) is 3.17. The van der Waals surface area contributed by atoms with Gasteiger partial charge in [-0.2, -0.15) is 0 Å². The number of nitrogens with zero attached hydrogens (tertiary/aromatic N) is 1. The second-order valence-electron chi connectivity index (χ2n) is 3.59. The summed E-state index contributed by atoms with van der Waals surface area (Å²) in [7, 11) is 0. The van der Waals surface area contributed by atoms with Crippen molar-refractivity contribution in [3.05, 3.63) is 0 Å². The van der Waals surface area contributed by atoms with Crippen LogP contribution in [-0.4, -0.2) is 29.0 Å². The van der Waals surface area contributed by atoms with E-state index in [1.165, 1.54) is 6.92 Å². The molecule has 1 fully saturated rings. The Morgan fingerprint density at radius 3 is 2.23 bits per heavy atom. The van der Waals surface area contributed by atoms with E-state index in [1.54, 1.807) is 0 Å². The van der Waals surface area contributed by atoms with Gasteiger partial charge in [0.15, 0.2) is 0 Å². The monoisotopic (exact) mass is 183 g/mol. The molecule has 1 saturated heterocycles. The van der Waals surface area contributed by atoms with E-state index >= 15 is 0 Å². The molecule has 0 unspecified atom stereocenters. The first-order chi connectivity index (χ1) is 6.00. The summed E-state index contributed by atoms with van der Waals surface area (Å²) in [6, 6.07) is 0. The topological polar surface area (TPSA) is 54.5 Å². The van der Waals surface area contributed by atoms with Crippen LogP contribution in [0.5, 0.6) is 0 Å². The largest absolute Gasteiger partial charge is 0.298 e. The van der Waals surface area contributed by atoms with Crippen molar-refractivity contribution in [1.29, 1.82) is 0 Å². The van der Waals surface area contributed by atoms with Crippen molar-refractivity contribution >= 4 is 17.6 Å². The summed E-state index contributed by atoms with van der Waals surface area (Å²) in [5.41, 5.74) is 0. The van der Waals surface area contributed by atoms with Crippen molar-refractivity contribution in [2.75, 3.05) is 6.54 Å². The molecule has 1 aliphatic rings. The van der Waals surface area contributed by atoms with Gasteiger partial charge >= 0.3 is 0 Å². The Kier molecular flexibility index (Phi) is 2.80. The Balaban J connectivity index is 2.67. The van der Waals surface area contributed by atoms with E-state index in [2.05, 4.69) is 0 Å². The summed E-state index contributed by atoms with van der Waals surface area (Å²) in [5.74, 6) is -0.489. The van der Waals surface area contributed by atoms with Gasteiger partial charge in [-0.3, -0.25) is 19.3 Å². The molecule has 0 aromatic rings. The highest BCUT2D eigenvalue weighted by molar-refractivity contribution is 6.00. The fourth-order valence-corrected chi connectivity index (χ4v) is 1.43. The second kappa shape index (κ2) is 3.68. The number of amides is 2. The molecule has 13 heavy (non-hydrogen) atoms. The van der Waals surface area contributed by atoms with Crippen LogP contribution in [-0.2, 0) is 14.4 Å². The third kappa shape index (κ3) is 2.37. The number of imide groups is 1. The van der Waals surface area contributed by atoms with Crippen molar-refractivity contribution in [2.45, 2.75) is 26.7 Å². The first-order valence-electron chi connectivity index (χ1n) is 4.33. The van der Waals surface area contributed by atoms with Gasteiger partial charge < -0.3 is 0 Å². The van der Waals surface area contributed by atoms with E-state index in [1.807, 2.05) is 6.92 Å². The zero-order valence-electron chi connectivity index (χ0n) is 7.87. The molecule has 2 amide bonds. The molecule has 0 N–H and O–H groups in total. The van der Waals surface area contributed by atoms with Gasteiger partial charge in [0, 0.05) is 12.8 Å². The molecule has 72 valence electrons. The number of carbonyl (C=O) groups excluding carboxylic acids is 3. The minimum Gasteiger partial charge on any atom is -0.298 e. The van der Waals surface area contributed by atoms with Gasteiger partial charge in [0.1, 0.15) is 5.78 Å². The maximum Gasteiger partial charge on any atom is 0.229 e. The first-order valence-corrected chi connectivity index (χ1v) is 4.33. The molecule has 0 spiro atoms. The van der Waals surface area contributed by atoms with Crippen molar-refractivity contribution in [2.24, 2.45) is 5.92 Å². The first kappa shape index (κ1) is 9.89. The molecular weight excluding hydrogens is 170 g/mol. The Hall–Kier alpha value is -1.19. The molecule has 1 aliphatic heterocycles. The number of Topliss-reactive ketones (excluding diaryl/α,β-unsaturated/α-hetero) is 1. The number of piperidine rings is 1. The number of rotatable bonds is 2. The van der Waals surface area contributed by atoms with Crippen LogP contribution in [0.3, 0.4) is 0 Å². The maximum absolute atomic E-state index is 11.3. The highest BCUT2D eigenvalue weighted by Crippen LogP contribution is 2.18. The molecule has 0 radical (unpaired) electrons. The van der Waals surface area contributed by atoms with Crippen LogP contribution in [0.2, 0.25) is 0 Å². The Morgan fingerprint density at radius 2 is 1.85 bits per heavy atom. The van der Waals surface area contributed by atoms with Crippen LogP contribution in [0.25, 0.3) is 0 Å². The van der Waals surface area contributed by atoms with Crippen molar-refractivity contribution < 1.29 is 14.4 Å². The lowest BCUT2D eigenvalue weighted by molar-refractivity contribution is -0.151. The highest BCUT2D eigenvalue weighted by Gasteiger charge is 2.30. The minimum atomic E-state index is -0.223. The third-order valence-electron chi connectivity index (χ3n) is 2.03. The average molecular weight is 183 g/mol. The second-order valence-corrected chi connectivity index (χ2v) is 3.59. The van der Waals surface area contributed by atoms with Gasteiger partial charge in [-0.05, 0) is 12.8 Å². The van der Waals surface area contributed by atoms with Gasteiger partial charge in [-0.1, -0.05) is 6.92 Å². The summed E-state index contributed by atoms with van der Waals surface area (Å²) in [6.07, 6.45) is 0.748. The van der Waals surface area contributed by atoms with E-state index in [0.29, 0.717) is 12.8 Å². The normalized spacial score (nSPS) is 19.4. The van der Waals surface area contributed by atoms with Crippen molar-refractivity contribution in [3.8, 4) is 0 Å². The van der Waals surface area contributed by atoms with Crippen LogP contribution in [0.1, 0.15) is 26.7 Å². The molecule has 1 heterocycles. The van der Waals surface area contributed by atoms with Crippen LogP contribution in [0, 0.1) is 5.92 Å². The van der Waals surface area contributed by atoms with Gasteiger partial charge in [-0.15, -0.1) is 0 Å². The lowest BCUT2D eigenvalue weighted by Crippen LogP contribution is -2.44. The van der Waals surface area contributed by atoms with E-state index in [4.69, 9.17) is 0 Å². The van der Waals surface area contributed by atoms with Gasteiger partial charge in [0.2, 0.25) is 11.8 Å². The molecule has 0 aliphatic carbocycles. The summed E-state index contributed by atoms with van der Waals surface area (Å²) in [4.78, 5) is 34.4. The molecule has 0 aromatic carbocycles. The van der Waals surface area contributed by atoms with Crippen molar-refractivity contribution in [3.63, 3.8) is 0 Å². The SMILES string of the molecule is CC(=O)CN1C(=O)CC(C)CC1=O. The lowest BCUT2D eigenvalue weighted by Gasteiger charge is -2.27. The average Bonchev–Trinajstić information content (AvgIpc) is 1.96. The summed E-state index contributed by atoms with van der Waals surface area (Å²) in [5, 5.41) is 0. The molecule has 0 saturated carbocycles. The summed E-state index contributed by atoms with van der Waals surface area (Å²) < 4.78 is 0. The van der Waals surface area contributed by atoms with E-state index in [0.717, 1.165) is 4.90 Å². The standard InChI is InChI=1S/C9H13NO3/c1-6-3-8(12)10(5-7(2)11)9(13)4-6/h6H,3-5H2,1-2H3. The highest BCUT2D eigenvalue weighted by atomic mass is 16.2. The Bertz CT molecular complexity index is 242. The zero-order chi connectivity index (χ0) is 10.0. The fourth-order valence-electron chi connectivity index (χ4n) is 1.43. The molecule has 0 bridgehead atoms. The third-order valence-corrected chi connectivity index (χ3v) is 2.03. The Labute approximate surface area is 76.9 Å². The van der Waals surface area contributed by atoms with Gasteiger partial charge in [-0.25, -0.2) is 0 Å². The number of ketones is 1. The van der Waals surface area contributed by atoms with Crippen LogP contribution in [0.4, 0.5) is 0 Å². The molecule has 1 rings (SSSR count). The number of hydrogen-bond acceptors (Lipinski definition) is 3. The molecule has 4 nitrogen and oxygen atoms in total. The van der Waals surface area contributed by atoms with Crippen LogP contribution in [0.15, 0.2) is 0 Å². The predicted octanol–water partition coefficient (Wildman–Crippen LogP) is 0.360. The quantitative estimate of drug-likeness (QED) is 0.581. The van der Waals surface area contributed by atoms with E-state index < -0.39 is 0 Å². The smallest absolute Gasteiger partial charge is 0.229 e. The lowest BCUT2D eigenvalue weighted by atomic mass is 9.98. The zero-order valence-corrected chi connectivity index (χ0v) is 7.87. The number of carbonyl (C=O) groups is 3. The number of hydrogen-bond donors (Lipinski definition) is 0. The maximum atomic E-state index is 11.3. The van der Waals surface area contributed by atoms with Gasteiger partial charge in [0.25, 0.3) is 0 Å².